The number of hydrazine groups is 1. The van der Waals surface area contributed by atoms with Crippen molar-refractivity contribution in [3.05, 3.63) is 58.3 Å². The van der Waals surface area contributed by atoms with Crippen LogP contribution in [0.5, 0.6) is 0 Å². The number of rotatable bonds is 4. The smallest absolute Gasteiger partial charge is 0.272 e. The van der Waals surface area contributed by atoms with Crippen LogP contribution in [0, 0.1) is 6.92 Å². The molecule has 3 aromatic heterocycles. The molecule has 9 heteroatoms. The first kappa shape index (κ1) is 17.5. The molecule has 0 unspecified atom stereocenters. The normalized spacial score (nSPS) is 11.0. The van der Waals surface area contributed by atoms with Crippen LogP contribution in [0.3, 0.4) is 0 Å². The van der Waals surface area contributed by atoms with E-state index in [1.807, 2.05) is 41.7 Å². The Labute approximate surface area is 162 Å². The lowest BCUT2D eigenvalue weighted by atomic mass is 10.1. The average Bonchev–Trinajstić information content (AvgIpc) is 3.35. The van der Waals surface area contributed by atoms with E-state index in [-0.39, 0.29) is 17.6 Å². The van der Waals surface area contributed by atoms with Gasteiger partial charge in [-0.05, 0) is 36.1 Å². The molecule has 2 amide bonds. The van der Waals surface area contributed by atoms with Crippen molar-refractivity contribution >= 4 is 51.5 Å². The number of amides is 2. The van der Waals surface area contributed by atoms with Crippen molar-refractivity contribution in [1.29, 1.82) is 0 Å². The number of thiophene rings is 1. The highest BCUT2D eigenvalue weighted by Gasteiger charge is 2.14. The van der Waals surface area contributed by atoms with Gasteiger partial charge in [0.15, 0.2) is 10.8 Å². The number of nitrogens with one attached hydrogen (secondary N) is 2. The van der Waals surface area contributed by atoms with Crippen molar-refractivity contribution < 1.29 is 9.59 Å². The Balaban J connectivity index is 1.47. The second kappa shape index (κ2) is 7.37. The number of hydrogen-bond acceptors (Lipinski definition) is 6. The highest BCUT2D eigenvalue weighted by molar-refractivity contribution is 7.99. The van der Waals surface area contributed by atoms with Gasteiger partial charge in [0.05, 0.1) is 16.1 Å². The summed E-state index contributed by atoms with van der Waals surface area (Å²) in [6, 6.07) is 13.4. The maximum absolute atomic E-state index is 12.1. The van der Waals surface area contributed by atoms with E-state index >= 15 is 0 Å². The molecule has 0 spiro atoms. The molecule has 0 aliphatic carbocycles. The highest BCUT2D eigenvalue weighted by atomic mass is 32.2. The first-order chi connectivity index (χ1) is 13.1. The molecule has 3 heterocycles. The molecule has 0 aliphatic heterocycles. The SMILES string of the molecule is Cc1cc2nnc(SCC(=O)NNC(=O)c3cccs3)n2c2ccccc12. The third-order valence-electron chi connectivity index (χ3n) is 3.97. The summed E-state index contributed by atoms with van der Waals surface area (Å²) in [6.07, 6.45) is 0. The maximum atomic E-state index is 12.1. The lowest BCUT2D eigenvalue weighted by Crippen LogP contribution is -2.42. The van der Waals surface area contributed by atoms with Gasteiger partial charge in [-0.3, -0.25) is 24.8 Å². The zero-order valence-electron chi connectivity index (χ0n) is 14.3. The molecule has 1 aromatic carbocycles. The number of aromatic nitrogens is 3. The number of pyridine rings is 1. The number of nitrogens with zero attached hydrogens (tertiary/aromatic N) is 3. The van der Waals surface area contributed by atoms with Crippen LogP contribution in [0.1, 0.15) is 15.2 Å². The highest BCUT2D eigenvalue weighted by Crippen LogP contribution is 2.25. The minimum absolute atomic E-state index is 0.105. The minimum Gasteiger partial charge on any atom is -0.272 e. The summed E-state index contributed by atoms with van der Waals surface area (Å²) < 4.78 is 1.94. The number of thioether (sulfide) groups is 1. The third kappa shape index (κ3) is 3.51. The van der Waals surface area contributed by atoms with Crippen molar-refractivity contribution in [2.24, 2.45) is 0 Å². The second-order valence-corrected chi connectivity index (χ2v) is 7.68. The standard InChI is InChI=1S/C18H15N5O2S2/c1-11-9-15-19-22-18(23(15)13-6-3-2-5-12(11)13)27-10-16(24)20-21-17(25)14-7-4-8-26-14/h2-9H,10H2,1H3,(H,20,24)(H,21,25). The summed E-state index contributed by atoms with van der Waals surface area (Å²) in [5, 5.41) is 11.9. The zero-order chi connectivity index (χ0) is 18.8. The van der Waals surface area contributed by atoms with Gasteiger partial charge in [-0.15, -0.1) is 21.5 Å². The van der Waals surface area contributed by atoms with Gasteiger partial charge in [0.2, 0.25) is 5.91 Å². The van der Waals surface area contributed by atoms with Crippen LogP contribution < -0.4 is 10.9 Å². The van der Waals surface area contributed by atoms with Gasteiger partial charge in [-0.2, -0.15) is 0 Å². The van der Waals surface area contributed by atoms with Gasteiger partial charge in [0.1, 0.15) is 0 Å². The van der Waals surface area contributed by atoms with Crippen LogP contribution in [-0.2, 0) is 4.79 Å². The Hall–Kier alpha value is -2.91. The molecule has 0 atom stereocenters. The third-order valence-corrected chi connectivity index (χ3v) is 5.76. The first-order valence-electron chi connectivity index (χ1n) is 8.12. The van der Waals surface area contributed by atoms with E-state index in [9.17, 15) is 9.59 Å². The first-order valence-corrected chi connectivity index (χ1v) is 9.99. The van der Waals surface area contributed by atoms with E-state index in [0.717, 1.165) is 22.1 Å². The zero-order valence-corrected chi connectivity index (χ0v) is 15.9. The van der Waals surface area contributed by atoms with E-state index in [1.54, 1.807) is 17.5 Å². The van der Waals surface area contributed by atoms with Crippen molar-refractivity contribution in [3.8, 4) is 0 Å². The second-order valence-electron chi connectivity index (χ2n) is 5.79. The van der Waals surface area contributed by atoms with Crippen LogP contribution in [0.2, 0.25) is 0 Å². The number of carbonyl (C=O) groups is 2. The summed E-state index contributed by atoms with van der Waals surface area (Å²) in [5.74, 6) is -0.552. The number of hydrogen-bond donors (Lipinski definition) is 2. The van der Waals surface area contributed by atoms with Gasteiger partial charge in [-0.1, -0.05) is 36.0 Å². The predicted octanol–water partition coefficient (Wildman–Crippen LogP) is 2.81. The van der Waals surface area contributed by atoms with Gasteiger partial charge >= 0.3 is 0 Å². The molecule has 0 bridgehead atoms. The molecule has 2 N–H and O–H groups in total. The molecule has 0 saturated heterocycles. The number of fused-ring (bicyclic) bond motifs is 3. The average molecular weight is 397 g/mol. The van der Waals surface area contributed by atoms with Crippen molar-refractivity contribution in [2.75, 3.05) is 5.75 Å². The van der Waals surface area contributed by atoms with E-state index in [4.69, 9.17) is 0 Å². The monoisotopic (exact) mass is 397 g/mol. The van der Waals surface area contributed by atoms with E-state index in [0.29, 0.717) is 10.0 Å². The molecule has 7 nitrogen and oxygen atoms in total. The lowest BCUT2D eigenvalue weighted by molar-refractivity contribution is -0.119. The summed E-state index contributed by atoms with van der Waals surface area (Å²) in [4.78, 5) is 24.4. The molecular formula is C18H15N5O2S2. The maximum Gasteiger partial charge on any atom is 0.279 e. The summed E-state index contributed by atoms with van der Waals surface area (Å²) in [5.41, 5.74) is 7.67. The van der Waals surface area contributed by atoms with Gasteiger partial charge in [0.25, 0.3) is 5.91 Å². The Kier molecular flexibility index (Phi) is 4.78. The summed E-state index contributed by atoms with van der Waals surface area (Å²) in [6.45, 7) is 2.04. The van der Waals surface area contributed by atoms with Crippen LogP contribution >= 0.6 is 23.1 Å². The molecule has 0 saturated carbocycles. The van der Waals surface area contributed by atoms with Gasteiger partial charge in [0, 0.05) is 5.39 Å². The Bertz CT molecular complexity index is 1140. The fourth-order valence-corrected chi connectivity index (χ4v) is 4.10. The minimum atomic E-state index is -0.335. The van der Waals surface area contributed by atoms with E-state index in [1.165, 1.54) is 23.1 Å². The Morgan fingerprint density at radius 1 is 1.15 bits per heavy atom. The fourth-order valence-electron chi connectivity index (χ4n) is 2.73. The molecule has 4 rings (SSSR count). The van der Waals surface area contributed by atoms with E-state index < -0.39 is 0 Å². The number of carbonyl (C=O) groups excluding carboxylic acids is 2. The Morgan fingerprint density at radius 3 is 2.81 bits per heavy atom. The van der Waals surface area contributed by atoms with Crippen molar-refractivity contribution in [1.82, 2.24) is 25.4 Å². The molecule has 0 aliphatic rings. The van der Waals surface area contributed by atoms with Crippen LogP contribution in [0.15, 0.2) is 53.0 Å². The molecule has 0 fully saturated rings. The quantitative estimate of drug-likeness (QED) is 0.408. The summed E-state index contributed by atoms with van der Waals surface area (Å²) >= 11 is 2.57. The molecule has 4 aromatic rings. The van der Waals surface area contributed by atoms with Crippen LogP contribution in [-0.4, -0.2) is 32.2 Å². The molecular weight excluding hydrogens is 382 g/mol. The molecule has 136 valence electrons. The van der Waals surface area contributed by atoms with Crippen LogP contribution in [0.4, 0.5) is 0 Å². The molecule has 0 radical (unpaired) electrons. The van der Waals surface area contributed by atoms with Gasteiger partial charge < -0.3 is 0 Å². The van der Waals surface area contributed by atoms with Gasteiger partial charge in [-0.25, -0.2) is 0 Å². The topological polar surface area (TPSA) is 88.4 Å². The Morgan fingerprint density at radius 2 is 2.00 bits per heavy atom. The number of para-hydroxylation sites is 1. The fraction of sp³-hybridized carbons (Fsp3) is 0.111. The largest absolute Gasteiger partial charge is 0.279 e. The lowest BCUT2D eigenvalue weighted by Gasteiger charge is -2.08. The number of aryl methyl sites for hydroxylation is 1. The predicted molar refractivity (Wildman–Crippen MR) is 106 cm³/mol. The summed E-state index contributed by atoms with van der Waals surface area (Å²) in [7, 11) is 0. The van der Waals surface area contributed by atoms with E-state index in [2.05, 4.69) is 21.0 Å². The number of benzene rings is 1. The van der Waals surface area contributed by atoms with Crippen LogP contribution in [0.25, 0.3) is 16.6 Å². The molecule has 27 heavy (non-hydrogen) atoms. The van der Waals surface area contributed by atoms with Crippen molar-refractivity contribution in [3.63, 3.8) is 0 Å². The van der Waals surface area contributed by atoms with Crippen molar-refractivity contribution in [2.45, 2.75) is 12.1 Å².